The van der Waals surface area contributed by atoms with Crippen LogP contribution in [0, 0.1) is 13.8 Å². The second kappa shape index (κ2) is 8.89. The topological polar surface area (TPSA) is 70.7 Å². The molecule has 0 aromatic heterocycles. The van der Waals surface area contributed by atoms with Crippen molar-refractivity contribution in [2.45, 2.75) is 39.3 Å². The number of methoxy groups -OCH3 is 1. The number of carbonyl (C=O) groups excluding carboxylic acids is 2. The molecule has 0 spiro atoms. The summed E-state index contributed by atoms with van der Waals surface area (Å²) in [6.45, 7) is 4.70. The first-order chi connectivity index (χ1) is 13.5. The molecule has 28 heavy (non-hydrogen) atoms. The minimum atomic E-state index is -0.508. The number of benzene rings is 2. The van der Waals surface area contributed by atoms with Crippen molar-refractivity contribution in [3.63, 3.8) is 0 Å². The van der Waals surface area contributed by atoms with Crippen LogP contribution in [-0.2, 0) is 11.3 Å². The fourth-order valence-electron chi connectivity index (χ4n) is 3.20. The molecule has 0 bridgehead atoms. The Labute approximate surface area is 165 Å². The number of carbonyl (C=O) groups is 2. The second-order valence-corrected chi connectivity index (χ2v) is 7.20. The summed E-state index contributed by atoms with van der Waals surface area (Å²) in [7, 11) is 1.64. The molecule has 1 fully saturated rings. The van der Waals surface area contributed by atoms with Gasteiger partial charge >= 0.3 is 6.03 Å². The van der Waals surface area contributed by atoms with Gasteiger partial charge in [-0.3, -0.25) is 15.0 Å². The summed E-state index contributed by atoms with van der Waals surface area (Å²) in [5.41, 5.74) is 3.81. The van der Waals surface area contributed by atoms with Crippen LogP contribution >= 0.6 is 0 Å². The number of amides is 3. The van der Waals surface area contributed by atoms with Gasteiger partial charge in [-0.05, 0) is 49.9 Å². The molecule has 3 amide bonds. The molecule has 148 valence electrons. The van der Waals surface area contributed by atoms with Crippen LogP contribution < -0.4 is 15.4 Å². The van der Waals surface area contributed by atoms with Gasteiger partial charge in [-0.25, -0.2) is 4.79 Å². The van der Waals surface area contributed by atoms with Crippen LogP contribution in [0.5, 0.6) is 5.75 Å². The van der Waals surface area contributed by atoms with Crippen LogP contribution in [0.3, 0.4) is 0 Å². The zero-order valence-corrected chi connectivity index (χ0v) is 16.6. The first-order valence-corrected chi connectivity index (χ1v) is 9.51. The molecular formula is C22H27N3O3. The molecule has 2 aromatic rings. The lowest BCUT2D eigenvalue weighted by molar-refractivity contribution is -0.121. The largest absolute Gasteiger partial charge is 0.496 e. The van der Waals surface area contributed by atoms with Crippen molar-refractivity contribution in [1.82, 2.24) is 10.2 Å². The number of nitrogens with zero attached hydrogens (tertiary/aromatic N) is 1. The van der Waals surface area contributed by atoms with E-state index in [4.69, 9.17) is 4.74 Å². The molecular weight excluding hydrogens is 354 g/mol. The fourth-order valence-corrected chi connectivity index (χ4v) is 3.20. The number of hydrogen-bond acceptors (Lipinski definition) is 4. The Bertz CT molecular complexity index is 862. The van der Waals surface area contributed by atoms with Crippen molar-refractivity contribution in [3.05, 3.63) is 59.2 Å². The number of imide groups is 1. The Balaban J connectivity index is 1.58. The minimum absolute atomic E-state index is 0.170. The van der Waals surface area contributed by atoms with Crippen LogP contribution in [-0.4, -0.2) is 36.5 Å². The Kier molecular flexibility index (Phi) is 6.31. The molecule has 3 rings (SSSR count). The van der Waals surface area contributed by atoms with Crippen LogP contribution in [0.1, 0.15) is 29.5 Å². The van der Waals surface area contributed by atoms with Gasteiger partial charge in [-0.2, -0.15) is 0 Å². The molecule has 6 heteroatoms. The summed E-state index contributed by atoms with van der Waals surface area (Å²) >= 11 is 0. The summed E-state index contributed by atoms with van der Waals surface area (Å²) in [6.07, 6.45) is 2.13. The van der Waals surface area contributed by atoms with E-state index in [-0.39, 0.29) is 12.5 Å². The average molecular weight is 381 g/mol. The van der Waals surface area contributed by atoms with E-state index in [1.807, 2.05) is 56.3 Å². The van der Waals surface area contributed by atoms with E-state index in [0.717, 1.165) is 35.3 Å². The van der Waals surface area contributed by atoms with Gasteiger partial charge in [0.05, 0.1) is 13.7 Å². The SMILES string of the molecule is COc1ccccc1CN(CC(=O)NC(=O)Nc1cccc(C)c1C)C1CC1. The van der Waals surface area contributed by atoms with Crippen LogP contribution in [0.2, 0.25) is 0 Å². The number of nitrogens with one attached hydrogen (secondary N) is 2. The second-order valence-electron chi connectivity index (χ2n) is 7.20. The molecule has 0 heterocycles. The third-order valence-electron chi connectivity index (χ3n) is 5.08. The van der Waals surface area contributed by atoms with Crippen molar-refractivity contribution in [2.24, 2.45) is 0 Å². The van der Waals surface area contributed by atoms with E-state index in [0.29, 0.717) is 18.3 Å². The Morgan fingerprint density at radius 2 is 1.86 bits per heavy atom. The summed E-state index contributed by atoms with van der Waals surface area (Å²) in [4.78, 5) is 26.8. The zero-order valence-electron chi connectivity index (χ0n) is 16.6. The molecule has 0 radical (unpaired) electrons. The number of ether oxygens (including phenoxy) is 1. The quantitative estimate of drug-likeness (QED) is 0.768. The molecule has 0 atom stereocenters. The zero-order chi connectivity index (χ0) is 20.1. The monoisotopic (exact) mass is 381 g/mol. The number of rotatable bonds is 7. The van der Waals surface area contributed by atoms with E-state index in [1.165, 1.54) is 0 Å². The van der Waals surface area contributed by atoms with Gasteiger partial charge in [0.2, 0.25) is 5.91 Å². The molecule has 2 aromatic carbocycles. The van der Waals surface area contributed by atoms with Crippen molar-refractivity contribution >= 4 is 17.6 Å². The number of hydrogen-bond donors (Lipinski definition) is 2. The fraction of sp³-hybridized carbons (Fsp3) is 0.364. The van der Waals surface area contributed by atoms with Gasteiger partial charge in [0.15, 0.2) is 0 Å². The average Bonchev–Trinajstić information content (AvgIpc) is 3.50. The summed E-state index contributed by atoms with van der Waals surface area (Å²) < 4.78 is 5.41. The highest BCUT2D eigenvalue weighted by Crippen LogP contribution is 2.30. The van der Waals surface area contributed by atoms with Gasteiger partial charge in [0.25, 0.3) is 0 Å². The van der Waals surface area contributed by atoms with E-state index >= 15 is 0 Å². The van der Waals surface area contributed by atoms with Crippen LogP contribution in [0.25, 0.3) is 0 Å². The van der Waals surface area contributed by atoms with Crippen LogP contribution in [0.4, 0.5) is 10.5 Å². The van der Waals surface area contributed by atoms with Gasteiger partial charge in [-0.15, -0.1) is 0 Å². The number of urea groups is 1. The minimum Gasteiger partial charge on any atom is -0.496 e. The van der Waals surface area contributed by atoms with Gasteiger partial charge in [0.1, 0.15) is 5.75 Å². The third-order valence-corrected chi connectivity index (χ3v) is 5.08. The molecule has 1 saturated carbocycles. The molecule has 0 unspecified atom stereocenters. The van der Waals surface area contributed by atoms with Gasteiger partial charge < -0.3 is 10.1 Å². The number of anilines is 1. The lowest BCUT2D eigenvalue weighted by Gasteiger charge is -2.22. The lowest BCUT2D eigenvalue weighted by atomic mass is 10.1. The van der Waals surface area contributed by atoms with Crippen molar-refractivity contribution in [2.75, 3.05) is 19.0 Å². The Morgan fingerprint density at radius 1 is 1.11 bits per heavy atom. The summed E-state index contributed by atoms with van der Waals surface area (Å²) in [6, 6.07) is 13.3. The number of aryl methyl sites for hydroxylation is 1. The van der Waals surface area contributed by atoms with Crippen molar-refractivity contribution < 1.29 is 14.3 Å². The van der Waals surface area contributed by atoms with Crippen LogP contribution in [0.15, 0.2) is 42.5 Å². The third kappa shape index (κ3) is 5.10. The highest BCUT2D eigenvalue weighted by molar-refractivity contribution is 6.02. The smallest absolute Gasteiger partial charge is 0.325 e. The van der Waals surface area contributed by atoms with Crippen molar-refractivity contribution in [3.8, 4) is 5.75 Å². The highest BCUT2D eigenvalue weighted by atomic mass is 16.5. The summed E-state index contributed by atoms with van der Waals surface area (Å²) in [5, 5.41) is 5.20. The predicted molar refractivity (Wildman–Crippen MR) is 110 cm³/mol. The Morgan fingerprint density at radius 3 is 2.57 bits per heavy atom. The van der Waals surface area contributed by atoms with Crippen molar-refractivity contribution in [1.29, 1.82) is 0 Å². The molecule has 1 aliphatic carbocycles. The maximum absolute atomic E-state index is 12.4. The standard InChI is InChI=1S/C22H27N3O3/c1-15-7-6-9-19(16(15)2)23-22(27)24-21(26)14-25(18-11-12-18)13-17-8-4-5-10-20(17)28-3/h4-10,18H,11-14H2,1-3H3,(H2,23,24,26,27). The van der Waals surface area contributed by atoms with E-state index in [9.17, 15) is 9.59 Å². The van der Waals surface area contributed by atoms with Gasteiger partial charge in [-0.1, -0.05) is 30.3 Å². The molecule has 2 N–H and O–H groups in total. The Hall–Kier alpha value is -2.86. The highest BCUT2D eigenvalue weighted by Gasteiger charge is 2.31. The first-order valence-electron chi connectivity index (χ1n) is 9.51. The molecule has 6 nitrogen and oxygen atoms in total. The molecule has 0 aliphatic heterocycles. The van der Waals surface area contributed by atoms with Gasteiger partial charge in [0, 0.05) is 23.8 Å². The normalized spacial score (nSPS) is 13.3. The van der Waals surface area contributed by atoms with E-state index in [1.54, 1.807) is 7.11 Å². The molecule has 1 aliphatic rings. The van der Waals surface area contributed by atoms with E-state index in [2.05, 4.69) is 15.5 Å². The maximum atomic E-state index is 12.4. The van der Waals surface area contributed by atoms with E-state index < -0.39 is 6.03 Å². The summed E-state index contributed by atoms with van der Waals surface area (Å²) in [5.74, 6) is 0.492. The number of para-hydroxylation sites is 1. The molecule has 0 saturated heterocycles. The first kappa shape index (κ1) is 19.9. The maximum Gasteiger partial charge on any atom is 0.325 e. The lowest BCUT2D eigenvalue weighted by Crippen LogP contribution is -2.42. The predicted octanol–water partition coefficient (Wildman–Crippen LogP) is 3.62.